The van der Waals surface area contributed by atoms with Crippen LogP contribution < -0.4 is 10.1 Å². The number of nitrogens with one attached hydrogen (secondary N) is 1. The Bertz CT molecular complexity index is 447. The molecule has 0 aromatic heterocycles. The van der Waals surface area contributed by atoms with Crippen molar-refractivity contribution in [1.82, 2.24) is 5.32 Å². The second kappa shape index (κ2) is 10.3. The van der Waals surface area contributed by atoms with Crippen molar-refractivity contribution in [3.05, 3.63) is 29.8 Å². The molecule has 1 fully saturated rings. The van der Waals surface area contributed by atoms with Gasteiger partial charge in [-0.1, -0.05) is 57.1 Å². The minimum atomic E-state index is 0.0172. The highest BCUT2D eigenvalue weighted by Gasteiger charge is 2.12. The van der Waals surface area contributed by atoms with Crippen LogP contribution >= 0.6 is 0 Å². The van der Waals surface area contributed by atoms with E-state index in [1.54, 1.807) is 0 Å². The fourth-order valence-electron chi connectivity index (χ4n) is 3.33. The van der Waals surface area contributed by atoms with Gasteiger partial charge in [-0.25, -0.2) is 0 Å². The van der Waals surface area contributed by atoms with Crippen LogP contribution in [-0.4, -0.2) is 19.1 Å². The van der Waals surface area contributed by atoms with Crippen LogP contribution in [0.2, 0.25) is 0 Å². The van der Waals surface area contributed by atoms with Gasteiger partial charge in [0.25, 0.3) is 0 Å². The van der Waals surface area contributed by atoms with Crippen LogP contribution in [0.4, 0.5) is 0 Å². The Morgan fingerprint density at radius 3 is 2.39 bits per heavy atom. The molecule has 1 saturated carbocycles. The van der Waals surface area contributed by atoms with Crippen LogP contribution in [0.3, 0.4) is 0 Å². The van der Waals surface area contributed by atoms with E-state index >= 15 is 0 Å². The van der Waals surface area contributed by atoms with E-state index in [1.165, 1.54) is 63.9 Å². The maximum Gasteiger partial charge on any atom is 0.216 e. The second-order valence-electron chi connectivity index (χ2n) is 6.74. The van der Waals surface area contributed by atoms with Crippen LogP contribution in [0.15, 0.2) is 24.3 Å². The molecule has 0 radical (unpaired) electrons. The van der Waals surface area contributed by atoms with Gasteiger partial charge in [0.2, 0.25) is 5.91 Å². The van der Waals surface area contributed by atoms with E-state index in [9.17, 15) is 4.79 Å². The number of ether oxygens (including phenoxy) is 1. The summed E-state index contributed by atoms with van der Waals surface area (Å²) in [6.45, 7) is 2.85. The summed E-state index contributed by atoms with van der Waals surface area (Å²) in [5.74, 6) is 1.80. The molecule has 1 aromatic carbocycles. The van der Waals surface area contributed by atoms with E-state index in [2.05, 4.69) is 29.6 Å². The summed E-state index contributed by atoms with van der Waals surface area (Å²) in [6, 6.07) is 8.58. The first kappa shape index (κ1) is 17.8. The summed E-state index contributed by atoms with van der Waals surface area (Å²) < 4.78 is 5.72. The normalized spacial score (nSPS) is 16.4. The van der Waals surface area contributed by atoms with Crippen molar-refractivity contribution in [1.29, 1.82) is 0 Å². The molecule has 0 spiro atoms. The lowest BCUT2D eigenvalue weighted by atomic mass is 9.87. The van der Waals surface area contributed by atoms with Gasteiger partial charge in [-0.2, -0.15) is 0 Å². The summed E-state index contributed by atoms with van der Waals surface area (Å²) in [5.41, 5.74) is 1.43. The molecule has 1 amide bonds. The highest BCUT2D eigenvalue weighted by atomic mass is 16.5. The summed E-state index contributed by atoms with van der Waals surface area (Å²) in [6.07, 6.45) is 11.9. The summed E-state index contributed by atoms with van der Waals surface area (Å²) >= 11 is 0. The first-order valence-electron chi connectivity index (χ1n) is 9.20. The lowest BCUT2D eigenvalue weighted by Crippen LogP contribution is -2.22. The second-order valence-corrected chi connectivity index (χ2v) is 6.74. The van der Waals surface area contributed by atoms with Crippen molar-refractivity contribution < 1.29 is 9.53 Å². The van der Waals surface area contributed by atoms with Crippen molar-refractivity contribution in [3.63, 3.8) is 0 Å². The van der Waals surface area contributed by atoms with Gasteiger partial charge in [-0.05, 0) is 36.5 Å². The summed E-state index contributed by atoms with van der Waals surface area (Å²) in [4.78, 5) is 10.8. The topological polar surface area (TPSA) is 38.3 Å². The zero-order valence-electron chi connectivity index (χ0n) is 14.5. The van der Waals surface area contributed by atoms with Gasteiger partial charge >= 0.3 is 0 Å². The molecule has 0 aliphatic heterocycles. The third-order valence-corrected chi connectivity index (χ3v) is 4.64. The number of carbonyl (C=O) groups excluding carboxylic acids is 1. The zero-order valence-corrected chi connectivity index (χ0v) is 14.5. The van der Waals surface area contributed by atoms with Crippen LogP contribution in [0.5, 0.6) is 5.75 Å². The number of benzene rings is 1. The molecule has 0 unspecified atom stereocenters. The van der Waals surface area contributed by atoms with E-state index in [1.807, 2.05) is 0 Å². The SMILES string of the molecule is CC(=O)NCCCOc1ccc(CC2CCCCCCC2)cc1. The highest BCUT2D eigenvalue weighted by molar-refractivity contribution is 5.72. The van der Waals surface area contributed by atoms with Crippen molar-refractivity contribution in [2.24, 2.45) is 5.92 Å². The van der Waals surface area contributed by atoms with Crippen molar-refractivity contribution in [3.8, 4) is 5.75 Å². The quantitative estimate of drug-likeness (QED) is 0.752. The fourth-order valence-corrected chi connectivity index (χ4v) is 3.33. The van der Waals surface area contributed by atoms with Gasteiger partial charge in [0.1, 0.15) is 5.75 Å². The van der Waals surface area contributed by atoms with Crippen LogP contribution in [0, 0.1) is 5.92 Å². The van der Waals surface area contributed by atoms with E-state index in [0.29, 0.717) is 13.2 Å². The molecule has 1 aliphatic carbocycles. The van der Waals surface area contributed by atoms with Gasteiger partial charge < -0.3 is 10.1 Å². The molecule has 1 aromatic rings. The average Bonchev–Trinajstić information content (AvgIpc) is 2.51. The Labute approximate surface area is 140 Å². The molecule has 1 aliphatic rings. The Balaban J connectivity index is 1.69. The Morgan fingerprint density at radius 2 is 1.74 bits per heavy atom. The predicted molar refractivity (Wildman–Crippen MR) is 94.8 cm³/mol. The number of rotatable bonds is 7. The molecular formula is C20H31NO2. The van der Waals surface area contributed by atoms with E-state index in [4.69, 9.17) is 4.74 Å². The van der Waals surface area contributed by atoms with Crippen molar-refractivity contribution >= 4 is 5.91 Å². The van der Waals surface area contributed by atoms with Gasteiger partial charge in [-0.15, -0.1) is 0 Å². The number of amides is 1. The smallest absolute Gasteiger partial charge is 0.216 e. The average molecular weight is 317 g/mol. The monoisotopic (exact) mass is 317 g/mol. The summed E-state index contributed by atoms with van der Waals surface area (Å²) in [7, 11) is 0. The molecule has 0 heterocycles. The Morgan fingerprint density at radius 1 is 1.09 bits per heavy atom. The molecule has 3 heteroatoms. The molecule has 1 N–H and O–H groups in total. The fraction of sp³-hybridized carbons (Fsp3) is 0.650. The molecule has 3 nitrogen and oxygen atoms in total. The minimum absolute atomic E-state index is 0.0172. The number of hydrogen-bond acceptors (Lipinski definition) is 2. The maximum absolute atomic E-state index is 10.8. The van der Waals surface area contributed by atoms with Gasteiger partial charge in [-0.3, -0.25) is 4.79 Å². The molecule has 23 heavy (non-hydrogen) atoms. The molecule has 0 saturated heterocycles. The van der Waals surface area contributed by atoms with Crippen LogP contribution in [-0.2, 0) is 11.2 Å². The zero-order chi connectivity index (χ0) is 16.3. The number of carbonyl (C=O) groups is 1. The number of hydrogen-bond donors (Lipinski definition) is 1. The van der Waals surface area contributed by atoms with Crippen molar-refractivity contribution in [2.45, 2.75) is 64.7 Å². The largest absolute Gasteiger partial charge is 0.494 e. The first-order valence-corrected chi connectivity index (χ1v) is 9.20. The van der Waals surface area contributed by atoms with E-state index < -0.39 is 0 Å². The predicted octanol–water partition coefficient (Wildman–Crippen LogP) is 4.49. The first-order chi connectivity index (χ1) is 11.2. The Hall–Kier alpha value is -1.51. The highest BCUT2D eigenvalue weighted by Crippen LogP contribution is 2.26. The molecule has 128 valence electrons. The van der Waals surface area contributed by atoms with Gasteiger partial charge in [0.15, 0.2) is 0 Å². The van der Waals surface area contributed by atoms with Gasteiger partial charge in [0, 0.05) is 13.5 Å². The molecule has 0 bridgehead atoms. The lowest BCUT2D eigenvalue weighted by Gasteiger charge is -2.19. The minimum Gasteiger partial charge on any atom is -0.494 e. The maximum atomic E-state index is 10.8. The molecule has 2 rings (SSSR count). The standard InChI is InChI=1S/C20H31NO2/c1-17(22)21-14-7-15-23-20-12-10-19(11-13-20)16-18-8-5-3-2-4-6-9-18/h10-13,18H,2-9,14-16H2,1H3,(H,21,22). The Kier molecular flexibility index (Phi) is 7.99. The molecule has 0 atom stereocenters. The lowest BCUT2D eigenvalue weighted by molar-refractivity contribution is -0.118. The molecular weight excluding hydrogens is 286 g/mol. The van der Waals surface area contributed by atoms with E-state index in [-0.39, 0.29) is 5.91 Å². The van der Waals surface area contributed by atoms with Crippen molar-refractivity contribution in [2.75, 3.05) is 13.2 Å². The van der Waals surface area contributed by atoms with Crippen LogP contribution in [0.25, 0.3) is 0 Å². The van der Waals surface area contributed by atoms with Gasteiger partial charge in [0.05, 0.1) is 6.61 Å². The third-order valence-electron chi connectivity index (χ3n) is 4.64. The third kappa shape index (κ3) is 7.54. The van der Waals surface area contributed by atoms with E-state index in [0.717, 1.165) is 18.1 Å². The summed E-state index contributed by atoms with van der Waals surface area (Å²) in [5, 5.41) is 2.78. The van der Waals surface area contributed by atoms with Crippen LogP contribution in [0.1, 0.15) is 63.9 Å².